The van der Waals surface area contributed by atoms with Crippen molar-refractivity contribution in [1.82, 2.24) is 0 Å². The topological polar surface area (TPSA) is 34.0 Å². The lowest BCUT2D eigenvalue weighted by Gasteiger charge is -1.92. The van der Waals surface area contributed by atoms with Crippen LogP contribution in [0.25, 0.3) is 0 Å². The lowest BCUT2D eigenvalue weighted by atomic mass is 10.2. The Morgan fingerprint density at radius 3 is 2.17 bits per heavy atom. The van der Waals surface area contributed by atoms with Crippen LogP contribution < -0.4 is 0 Å². The van der Waals surface area contributed by atoms with E-state index < -0.39 is 0 Å². The summed E-state index contributed by atoms with van der Waals surface area (Å²) in [5.74, 6) is 1.11. The molecule has 12 heavy (non-hydrogen) atoms. The summed E-state index contributed by atoms with van der Waals surface area (Å²) in [5, 5.41) is 3.62. The molecule has 0 radical (unpaired) electrons. The van der Waals surface area contributed by atoms with Gasteiger partial charge in [0.1, 0.15) is 7.11 Å². The third-order valence-electron chi connectivity index (χ3n) is 0.783. The second-order valence-electron chi connectivity index (χ2n) is 2.34. The van der Waals surface area contributed by atoms with Crippen molar-refractivity contribution in [3.8, 4) is 0 Å². The van der Waals surface area contributed by atoms with Gasteiger partial charge in [-0.3, -0.25) is 0 Å². The molecule has 0 spiro atoms. The first kappa shape index (κ1) is 13.7. The molecule has 0 aliphatic heterocycles. The van der Waals surface area contributed by atoms with E-state index >= 15 is 0 Å². The van der Waals surface area contributed by atoms with E-state index in [0.29, 0.717) is 11.8 Å². The fraction of sp³-hybridized carbons (Fsp3) is 0.778. The van der Waals surface area contributed by atoms with E-state index in [1.165, 1.54) is 7.11 Å². The second-order valence-corrected chi connectivity index (χ2v) is 2.34. The molecule has 0 aromatic carbocycles. The molecule has 0 bridgehead atoms. The van der Waals surface area contributed by atoms with E-state index in [9.17, 15) is 0 Å². The average Bonchev–Trinajstić information content (AvgIpc) is 2.05. The molecule has 0 fully saturated rings. The number of hydrogen-bond donors (Lipinski definition) is 0. The van der Waals surface area contributed by atoms with Gasteiger partial charge in [-0.2, -0.15) is 0 Å². The fourth-order valence-corrected chi connectivity index (χ4v) is 0.413. The van der Waals surface area contributed by atoms with Crippen molar-refractivity contribution in [2.45, 2.75) is 34.6 Å². The standard InChI is InChI=1S/C7H14N2O.C2H6/c1-6(2)5-8-7(3)9-10-4;1-2/h5-6H,1-4H3;1-2H3/b8-5?,9-7-;. The number of amidine groups is 1. The minimum Gasteiger partial charge on any atom is -0.398 e. The third-order valence-corrected chi connectivity index (χ3v) is 0.783. The molecule has 0 N–H and O–H groups in total. The quantitative estimate of drug-likeness (QED) is 0.358. The van der Waals surface area contributed by atoms with Crippen molar-refractivity contribution < 1.29 is 4.84 Å². The van der Waals surface area contributed by atoms with Gasteiger partial charge in [0.2, 0.25) is 0 Å². The summed E-state index contributed by atoms with van der Waals surface area (Å²) in [6, 6.07) is 0. The van der Waals surface area contributed by atoms with Crippen molar-refractivity contribution in [2.24, 2.45) is 16.1 Å². The summed E-state index contributed by atoms with van der Waals surface area (Å²) < 4.78 is 0. The Balaban J connectivity index is 0. The van der Waals surface area contributed by atoms with Crippen molar-refractivity contribution in [2.75, 3.05) is 7.11 Å². The number of nitrogens with zero attached hydrogens (tertiary/aromatic N) is 2. The molecule has 0 saturated carbocycles. The Morgan fingerprint density at radius 2 is 1.83 bits per heavy atom. The Morgan fingerprint density at radius 1 is 1.33 bits per heavy atom. The van der Waals surface area contributed by atoms with Gasteiger partial charge in [-0.25, -0.2) is 4.99 Å². The molecule has 3 heteroatoms. The fourth-order valence-electron chi connectivity index (χ4n) is 0.413. The van der Waals surface area contributed by atoms with E-state index in [1.54, 1.807) is 6.92 Å². The van der Waals surface area contributed by atoms with Gasteiger partial charge in [0.25, 0.3) is 0 Å². The molecule has 0 atom stereocenters. The monoisotopic (exact) mass is 172 g/mol. The Kier molecular flexibility index (Phi) is 11.6. The largest absolute Gasteiger partial charge is 0.398 e. The van der Waals surface area contributed by atoms with Gasteiger partial charge in [0.15, 0.2) is 5.84 Å². The first-order valence-corrected chi connectivity index (χ1v) is 4.28. The van der Waals surface area contributed by atoms with E-state index in [1.807, 2.05) is 20.1 Å². The Bertz CT molecular complexity index is 139. The SMILES string of the molecule is CC.CO/N=C(/C)N=CC(C)C. The molecule has 0 aliphatic carbocycles. The average molecular weight is 172 g/mol. The zero-order valence-electron chi connectivity index (χ0n) is 8.96. The molecule has 0 heterocycles. The maximum Gasteiger partial charge on any atom is 0.164 e. The summed E-state index contributed by atoms with van der Waals surface area (Å²) in [6.45, 7) is 9.91. The smallest absolute Gasteiger partial charge is 0.164 e. The minimum absolute atomic E-state index is 0.460. The molecule has 72 valence electrons. The Hall–Kier alpha value is -0.860. The van der Waals surface area contributed by atoms with Crippen molar-refractivity contribution in [3.05, 3.63) is 0 Å². The van der Waals surface area contributed by atoms with Crippen molar-refractivity contribution in [1.29, 1.82) is 0 Å². The summed E-state index contributed by atoms with van der Waals surface area (Å²) in [6.07, 6.45) is 1.83. The van der Waals surface area contributed by atoms with Crippen LogP contribution in [-0.2, 0) is 4.84 Å². The predicted octanol–water partition coefficient (Wildman–Crippen LogP) is 2.72. The molecule has 0 amide bonds. The molecule has 0 saturated heterocycles. The second kappa shape index (κ2) is 10.1. The van der Waals surface area contributed by atoms with Crippen molar-refractivity contribution >= 4 is 12.1 Å². The van der Waals surface area contributed by atoms with Crippen LogP contribution in [0, 0.1) is 5.92 Å². The van der Waals surface area contributed by atoms with Gasteiger partial charge >= 0.3 is 0 Å². The van der Waals surface area contributed by atoms with Crippen LogP contribution in [0.1, 0.15) is 34.6 Å². The van der Waals surface area contributed by atoms with Crippen LogP contribution >= 0.6 is 0 Å². The minimum atomic E-state index is 0.460. The number of aliphatic imine (C=N–C) groups is 1. The maximum atomic E-state index is 4.51. The van der Waals surface area contributed by atoms with Gasteiger partial charge in [-0.1, -0.05) is 32.9 Å². The maximum absolute atomic E-state index is 4.51. The molecular weight excluding hydrogens is 152 g/mol. The summed E-state index contributed by atoms with van der Waals surface area (Å²) in [5.41, 5.74) is 0. The lowest BCUT2D eigenvalue weighted by molar-refractivity contribution is 0.213. The van der Waals surface area contributed by atoms with E-state index in [2.05, 4.69) is 28.8 Å². The molecule has 0 rings (SSSR count). The van der Waals surface area contributed by atoms with E-state index in [4.69, 9.17) is 0 Å². The molecular formula is C9H20N2O. The zero-order valence-corrected chi connectivity index (χ0v) is 8.96. The molecule has 0 aliphatic rings. The molecule has 3 nitrogen and oxygen atoms in total. The first-order valence-electron chi connectivity index (χ1n) is 4.28. The highest BCUT2D eigenvalue weighted by Gasteiger charge is 1.86. The van der Waals surface area contributed by atoms with E-state index in [-0.39, 0.29) is 0 Å². The van der Waals surface area contributed by atoms with Gasteiger partial charge in [0, 0.05) is 6.21 Å². The van der Waals surface area contributed by atoms with Crippen LogP contribution in [-0.4, -0.2) is 19.2 Å². The zero-order chi connectivity index (χ0) is 9.98. The van der Waals surface area contributed by atoms with Crippen LogP contribution in [0.2, 0.25) is 0 Å². The summed E-state index contributed by atoms with van der Waals surface area (Å²) in [7, 11) is 1.51. The Labute approximate surface area is 75.5 Å². The summed E-state index contributed by atoms with van der Waals surface area (Å²) in [4.78, 5) is 8.52. The van der Waals surface area contributed by atoms with Crippen LogP contribution in [0.3, 0.4) is 0 Å². The molecule has 0 aromatic rings. The van der Waals surface area contributed by atoms with Gasteiger partial charge < -0.3 is 4.84 Å². The lowest BCUT2D eigenvalue weighted by Crippen LogP contribution is -1.92. The molecule has 0 aromatic heterocycles. The van der Waals surface area contributed by atoms with Gasteiger partial charge in [-0.15, -0.1) is 0 Å². The van der Waals surface area contributed by atoms with E-state index in [0.717, 1.165) is 0 Å². The highest BCUT2D eigenvalue weighted by molar-refractivity contribution is 5.87. The predicted molar refractivity (Wildman–Crippen MR) is 54.8 cm³/mol. The number of oxime groups is 1. The first-order chi connectivity index (χ1) is 5.66. The molecule has 0 unspecified atom stereocenters. The number of rotatable bonds is 2. The third kappa shape index (κ3) is 11.9. The number of hydrogen-bond acceptors (Lipinski definition) is 2. The van der Waals surface area contributed by atoms with Crippen LogP contribution in [0.5, 0.6) is 0 Å². The van der Waals surface area contributed by atoms with Gasteiger partial charge in [-0.05, 0) is 12.8 Å². The van der Waals surface area contributed by atoms with Crippen LogP contribution in [0.4, 0.5) is 0 Å². The highest BCUT2D eigenvalue weighted by Crippen LogP contribution is 1.86. The normalized spacial score (nSPS) is 11.4. The summed E-state index contributed by atoms with van der Waals surface area (Å²) >= 11 is 0. The highest BCUT2D eigenvalue weighted by atomic mass is 16.6. The van der Waals surface area contributed by atoms with Crippen molar-refractivity contribution in [3.63, 3.8) is 0 Å². The van der Waals surface area contributed by atoms with Crippen LogP contribution in [0.15, 0.2) is 10.1 Å². The van der Waals surface area contributed by atoms with Gasteiger partial charge in [0.05, 0.1) is 0 Å².